The average Bonchev–Trinajstić information content (AvgIpc) is 2.42. The highest BCUT2D eigenvalue weighted by Gasteiger charge is 2.23. The Morgan fingerprint density at radius 3 is 2.89 bits per heavy atom. The summed E-state index contributed by atoms with van der Waals surface area (Å²) in [4.78, 5) is 12.1. The second-order valence-corrected chi connectivity index (χ2v) is 4.93. The van der Waals surface area contributed by atoms with Gasteiger partial charge < -0.3 is 9.47 Å². The molecule has 1 saturated carbocycles. The van der Waals surface area contributed by atoms with Gasteiger partial charge in [0, 0.05) is 20.1 Å². The average molecular weight is 260 g/mol. The van der Waals surface area contributed by atoms with Crippen molar-refractivity contribution in [1.82, 2.24) is 0 Å². The number of ketones is 1. The summed E-state index contributed by atoms with van der Waals surface area (Å²) in [6.07, 6.45) is 4.44. The summed E-state index contributed by atoms with van der Waals surface area (Å²) in [6.45, 7) is 0.679. The van der Waals surface area contributed by atoms with E-state index < -0.39 is 0 Å². The highest BCUT2D eigenvalue weighted by molar-refractivity contribution is 6.00. The Bertz CT molecular complexity index is 477. The van der Waals surface area contributed by atoms with Crippen LogP contribution in [0.25, 0.3) is 6.08 Å². The van der Waals surface area contributed by atoms with Gasteiger partial charge in [-0.3, -0.25) is 4.79 Å². The molecule has 1 atom stereocenters. The van der Waals surface area contributed by atoms with Crippen LogP contribution in [0.15, 0.2) is 29.8 Å². The van der Waals surface area contributed by atoms with Crippen molar-refractivity contribution in [2.75, 3.05) is 20.8 Å². The molecular weight excluding hydrogens is 240 g/mol. The molecule has 3 heteroatoms. The lowest BCUT2D eigenvalue weighted by Gasteiger charge is -2.22. The summed E-state index contributed by atoms with van der Waals surface area (Å²) in [5.41, 5.74) is 1.94. The van der Waals surface area contributed by atoms with E-state index in [0.29, 0.717) is 18.9 Å². The van der Waals surface area contributed by atoms with Crippen LogP contribution in [0.2, 0.25) is 0 Å². The van der Waals surface area contributed by atoms with Gasteiger partial charge in [0.15, 0.2) is 5.78 Å². The summed E-state index contributed by atoms with van der Waals surface area (Å²) in [7, 11) is 3.33. The zero-order chi connectivity index (χ0) is 13.7. The summed E-state index contributed by atoms with van der Waals surface area (Å²) < 4.78 is 10.3. The molecule has 19 heavy (non-hydrogen) atoms. The van der Waals surface area contributed by atoms with Gasteiger partial charge in [0.05, 0.1) is 7.11 Å². The van der Waals surface area contributed by atoms with Crippen molar-refractivity contribution in [1.29, 1.82) is 0 Å². The van der Waals surface area contributed by atoms with Crippen molar-refractivity contribution in [3.05, 3.63) is 35.4 Å². The van der Waals surface area contributed by atoms with Crippen molar-refractivity contribution in [3.63, 3.8) is 0 Å². The first kappa shape index (κ1) is 13.8. The van der Waals surface area contributed by atoms with Gasteiger partial charge in [-0.15, -0.1) is 0 Å². The van der Waals surface area contributed by atoms with Crippen molar-refractivity contribution in [2.24, 2.45) is 5.92 Å². The number of ether oxygens (including phenoxy) is 2. The van der Waals surface area contributed by atoms with E-state index in [0.717, 1.165) is 29.7 Å². The highest BCUT2D eigenvalue weighted by Crippen LogP contribution is 2.27. The molecule has 1 aromatic carbocycles. The summed E-state index contributed by atoms with van der Waals surface area (Å²) >= 11 is 0. The molecule has 1 fully saturated rings. The molecule has 102 valence electrons. The number of methoxy groups -OCH3 is 2. The molecule has 1 unspecified atom stereocenters. The van der Waals surface area contributed by atoms with Crippen LogP contribution in [0.3, 0.4) is 0 Å². The first-order chi connectivity index (χ1) is 9.22. The normalized spacial score (nSPS) is 21.7. The lowest BCUT2D eigenvalue weighted by atomic mass is 9.84. The Hall–Kier alpha value is -1.61. The first-order valence-corrected chi connectivity index (χ1v) is 6.59. The van der Waals surface area contributed by atoms with Crippen LogP contribution in [0.4, 0.5) is 0 Å². The molecule has 0 radical (unpaired) electrons. The molecule has 0 heterocycles. The van der Waals surface area contributed by atoms with E-state index in [2.05, 4.69) is 0 Å². The summed E-state index contributed by atoms with van der Waals surface area (Å²) in [5.74, 6) is 1.44. The van der Waals surface area contributed by atoms with Crippen molar-refractivity contribution in [3.8, 4) is 5.75 Å². The quantitative estimate of drug-likeness (QED) is 0.780. The van der Waals surface area contributed by atoms with Crippen LogP contribution in [0.1, 0.15) is 24.8 Å². The lowest BCUT2D eigenvalue weighted by molar-refractivity contribution is -0.118. The van der Waals surface area contributed by atoms with Gasteiger partial charge in [-0.2, -0.15) is 0 Å². The predicted octanol–water partition coefficient (Wildman–Crippen LogP) is 3.09. The largest absolute Gasteiger partial charge is 0.497 e. The molecule has 1 aliphatic rings. The van der Waals surface area contributed by atoms with Crippen molar-refractivity contribution in [2.45, 2.75) is 19.3 Å². The smallest absolute Gasteiger partial charge is 0.159 e. The Kier molecular flexibility index (Phi) is 4.74. The van der Waals surface area contributed by atoms with E-state index in [1.54, 1.807) is 14.2 Å². The minimum atomic E-state index is 0.246. The maximum Gasteiger partial charge on any atom is 0.159 e. The Balaban J connectivity index is 2.09. The minimum absolute atomic E-state index is 0.246. The molecule has 0 aliphatic heterocycles. The number of benzene rings is 1. The molecule has 0 N–H and O–H groups in total. The Labute approximate surface area is 114 Å². The van der Waals surface area contributed by atoms with E-state index in [1.165, 1.54) is 0 Å². The zero-order valence-electron chi connectivity index (χ0n) is 11.5. The second-order valence-electron chi connectivity index (χ2n) is 4.93. The SMILES string of the molecule is COCC1CC/C(=C/c2cccc(OC)c2)C(=O)C1. The topological polar surface area (TPSA) is 35.5 Å². The zero-order valence-corrected chi connectivity index (χ0v) is 11.5. The van der Waals surface area contributed by atoms with Crippen molar-refractivity contribution >= 4 is 11.9 Å². The van der Waals surface area contributed by atoms with E-state index in [-0.39, 0.29) is 5.78 Å². The molecule has 2 rings (SSSR count). The van der Waals surface area contributed by atoms with Crippen LogP contribution >= 0.6 is 0 Å². The van der Waals surface area contributed by atoms with Crippen LogP contribution < -0.4 is 4.74 Å². The van der Waals surface area contributed by atoms with Crippen LogP contribution in [-0.4, -0.2) is 26.6 Å². The fourth-order valence-corrected chi connectivity index (χ4v) is 2.46. The number of Topliss-reactive ketones (excluding diaryl/α,β-unsaturated/α-hetero) is 1. The van der Waals surface area contributed by atoms with Gasteiger partial charge in [0.1, 0.15) is 5.75 Å². The number of hydrogen-bond donors (Lipinski definition) is 0. The van der Waals surface area contributed by atoms with Crippen LogP contribution in [0, 0.1) is 5.92 Å². The van der Waals surface area contributed by atoms with Crippen LogP contribution in [0.5, 0.6) is 5.75 Å². The van der Waals surface area contributed by atoms with E-state index in [9.17, 15) is 4.79 Å². The van der Waals surface area contributed by atoms with E-state index in [1.807, 2.05) is 30.3 Å². The molecule has 3 nitrogen and oxygen atoms in total. The molecule has 0 amide bonds. The van der Waals surface area contributed by atoms with Gasteiger partial charge in [-0.1, -0.05) is 12.1 Å². The molecule has 0 spiro atoms. The van der Waals surface area contributed by atoms with E-state index in [4.69, 9.17) is 9.47 Å². The van der Waals surface area contributed by atoms with Gasteiger partial charge >= 0.3 is 0 Å². The molecule has 0 saturated heterocycles. The second kappa shape index (κ2) is 6.53. The maximum atomic E-state index is 12.1. The van der Waals surface area contributed by atoms with Gasteiger partial charge in [-0.05, 0) is 48.1 Å². The third-order valence-electron chi connectivity index (χ3n) is 3.49. The van der Waals surface area contributed by atoms with Crippen molar-refractivity contribution < 1.29 is 14.3 Å². The summed E-state index contributed by atoms with van der Waals surface area (Å²) in [5, 5.41) is 0. The molecule has 1 aliphatic carbocycles. The first-order valence-electron chi connectivity index (χ1n) is 6.59. The minimum Gasteiger partial charge on any atom is -0.497 e. The molecule has 0 bridgehead atoms. The standard InChI is InChI=1S/C16H20O3/c1-18-11-13-6-7-14(16(17)10-13)8-12-4-3-5-15(9-12)19-2/h3-5,8-9,13H,6-7,10-11H2,1-2H3/b14-8-. The van der Waals surface area contributed by atoms with Gasteiger partial charge in [0.25, 0.3) is 0 Å². The summed E-state index contributed by atoms with van der Waals surface area (Å²) in [6, 6.07) is 7.77. The highest BCUT2D eigenvalue weighted by atomic mass is 16.5. The molecule has 0 aromatic heterocycles. The number of carbonyl (C=O) groups is 1. The lowest BCUT2D eigenvalue weighted by Crippen LogP contribution is -2.21. The third kappa shape index (κ3) is 3.67. The van der Waals surface area contributed by atoms with E-state index >= 15 is 0 Å². The Morgan fingerprint density at radius 1 is 1.37 bits per heavy atom. The molecular formula is C16H20O3. The maximum absolute atomic E-state index is 12.1. The monoisotopic (exact) mass is 260 g/mol. The fraction of sp³-hybridized carbons (Fsp3) is 0.438. The van der Waals surface area contributed by atoms with Gasteiger partial charge in [0.2, 0.25) is 0 Å². The predicted molar refractivity (Wildman–Crippen MR) is 75.2 cm³/mol. The molecule has 1 aromatic rings. The number of allylic oxidation sites excluding steroid dienone is 1. The number of rotatable bonds is 4. The Morgan fingerprint density at radius 2 is 2.21 bits per heavy atom. The van der Waals surface area contributed by atoms with Crippen LogP contribution in [-0.2, 0) is 9.53 Å². The fourth-order valence-electron chi connectivity index (χ4n) is 2.46. The van der Waals surface area contributed by atoms with Gasteiger partial charge in [-0.25, -0.2) is 0 Å². The number of hydrogen-bond acceptors (Lipinski definition) is 3. The third-order valence-corrected chi connectivity index (χ3v) is 3.49. The number of carbonyl (C=O) groups excluding carboxylic acids is 1.